The maximum atomic E-state index is 11.4. The number of ether oxygens (including phenoxy) is 1. The van der Waals surface area contributed by atoms with Crippen molar-refractivity contribution in [3.05, 3.63) is 34.8 Å². The smallest absolute Gasteiger partial charge is 0.349 e. The van der Waals surface area contributed by atoms with Gasteiger partial charge in [-0.1, -0.05) is 12.1 Å². The Kier molecular flexibility index (Phi) is 3.10. The van der Waals surface area contributed by atoms with Crippen molar-refractivity contribution in [2.45, 2.75) is 6.92 Å². The third-order valence-electron chi connectivity index (χ3n) is 2.30. The fourth-order valence-electron chi connectivity index (χ4n) is 1.45. The van der Waals surface area contributed by atoms with Crippen LogP contribution in [0.15, 0.2) is 24.3 Å². The van der Waals surface area contributed by atoms with Crippen molar-refractivity contribution in [3.8, 4) is 16.3 Å². The van der Waals surface area contributed by atoms with Gasteiger partial charge in [-0.3, -0.25) is 0 Å². The van der Waals surface area contributed by atoms with Crippen molar-refractivity contribution in [2.75, 3.05) is 7.11 Å². The highest BCUT2D eigenvalue weighted by atomic mass is 32.1. The first kappa shape index (κ1) is 11.6. The lowest BCUT2D eigenvalue weighted by atomic mass is 10.2. The number of phenolic OH excluding ortho intramolecular Hbond substituents is 1. The molecule has 0 unspecified atom stereocenters. The van der Waals surface area contributed by atoms with E-state index in [1.54, 1.807) is 25.1 Å². The molecule has 0 aliphatic rings. The molecule has 2 rings (SSSR count). The van der Waals surface area contributed by atoms with Crippen LogP contribution in [-0.2, 0) is 4.74 Å². The molecule has 0 amide bonds. The highest BCUT2D eigenvalue weighted by Gasteiger charge is 2.17. The summed E-state index contributed by atoms with van der Waals surface area (Å²) in [5.74, 6) is -0.251. The van der Waals surface area contributed by atoms with Gasteiger partial charge in [-0.2, -0.15) is 0 Å². The number of thiazole rings is 1. The van der Waals surface area contributed by atoms with Crippen LogP contribution in [0.25, 0.3) is 10.6 Å². The van der Waals surface area contributed by atoms with Crippen LogP contribution in [0, 0.1) is 6.92 Å². The number of aromatic hydroxyl groups is 1. The van der Waals surface area contributed by atoms with E-state index in [9.17, 15) is 9.90 Å². The van der Waals surface area contributed by atoms with Gasteiger partial charge in [-0.25, -0.2) is 9.78 Å². The number of aromatic nitrogens is 1. The number of para-hydroxylation sites is 1. The number of methoxy groups -OCH3 is 1. The van der Waals surface area contributed by atoms with Crippen molar-refractivity contribution < 1.29 is 14.6 Å². The summed E-state index contributed by atoms with van der Waals surface area (Å²) >= 11 is 1.21. The molecular formula is C12H11NO3S. The first-order chi connectivity index (χ1) is 8.13. The summed E-state index contributed by atoms with van der Waals surface area (Å²) in [5, 5.41) is 10.3. The number of nitrogens with zero attached hydrogens (tertiary/aromatic N) is 1. The summed E-state index contributed by atoms with van der Waals surface area (Å²) in [6.45, 7) is 1.74. The van der Waals surface area contributed by atoms with E-state index in [0.717, 1.165) is 0 Å². The van der Waals surface area contributed by atoms with E-state index in [0.29, 0.717) is 21.1 Å². The molecule has 1 heterocycles. The van der Waals surface area contributed by atoms with Gasteiger partial charge in [0.2, 0.25) is 0 Å². The summed E-state index contributed by atoms with van der Waals surface area (Å²) in [5.41, 5.74) is 1.23. The van der Waals surface area contributed by atoms with Crippen molar-refractivity contribution in [1.82, 2.24) is 4.98 Å². The number of carbonyl (C=O) groups excluding carboxylic acids is 1. The summed E-state index contributed by atoms with van der Waals surface area (Å²) in [6, 6.07) is 6.89. The number of phenols is 1. The Bertz CT molecular complexity index is 563. The van der Waals surface area contributed by atoms with Crippen molar-refractivity contribution >= 4 is 17.3 Å². The molecule has 1 N–H and O–H groups in total. The molecule has 0 fully saturated rings. The van der Waals surface area contributed by atoms with Crippen molar-refractivity contribution in [1.29, 1.82) is 0 Å². The summed E-state index contributed by atoms with van der Waals surface area (Å²) in [7, 11) is 1.33. The van der Waals surface area contributed by atoms with E-state index in [-0.39, 0.29) is 5.75 Å². The fraction of sp³-hybridized carbons (Fsp3) is 0.167. The Hall–Kier alpha value is -1.88. The van der Waals surface area contributed by atoms with Crippen LogP contribution >= 0.6 is 11.3 Å². The maximum absolute atomic E-state index is 11.4. The lowest BCUT2D eigenvalue weighted by Crippen LogP contribution is -1.99. The molecule has 0 bridgehead atoms. The van der Waals surface area contributed by atoms with E-state index in [2.05, 4.69) is 9.72 Å². The quantitative estimate of drug-likeness (QED) is 0.831. The minimum atomic E-state index is -0.401. The molecule has 0 atom stereocenters. The van der Waals surface area contributed by atoms with Gasteiger partial charge in [0.05, 0.1) is 18.4 Å². The standard InChI is InChI=1S/C12H11NO3S/c1-7-10(12(15)16-2)17-11(13-7)8-5-3-4-6-9(8)14/h3-6,14H,1-2H3. The minimum absolute atomic E-state index is 0.151. The Balaban J connectivity index is 2.49. The minimum Gasteiger partial charge on any atom is -0.507 e. The number of carbonyl (C=O) groups is 1. The molecule has 0 saturated carbocycles. The predicted octanol–water partition coefficient (Wildman–Crippen LogP) is 2.61. The van der Waals surface area contributed by atoms with Crippen LogP contribution in [0.5, 0.6) is 5.75 Å². The van der Waals surface area contributed by atoms with E-state index in [1.807, 2.05) is 6.07 Å². The van der Waals surface area contributed by atoms with E-state index in [1.165, 1.54) is 18.4 Å². The van der Waals surface area contributed by atoms with E-state index in [4.69, 9.17) is 0 Å². The number of rotatable bonds is 2. The number of aryl methyl sites for hydroxylation is 1. The van der Waals surface area contributed by atoms with Gasteiger partial charge < -0.3 is 9.84 Å². The maximum Gasteiger partial charge on any atom is 0.349 e. The zero-order valence-corrected chi connectivity index (χ0v) is 10.2. The summed E-state index contributed by atoms with van der Waals surface area (Å²) in [6.07, 6.45) is 0. The molecule has 17 heavy (non-hydrogen) atoms. The number of benzene rings is 1. The molecule has 0 radical (unpaired) electrons. The molecule has 0 aliphatic carbocycles. The van der Waals surface area contributed by atoms with E-state index < -0.39 is 5.97 Å². The SMILES string of the molecule is COC(=O)c1sc(-c2ccccc2O)nc1C. The molecule has 5 heteroatoms. The van der Waals surface area contributed by atoms with Crippen LogP contribution in [0.1, 0.15) is 15.4 Å². The number of esters is 1. The van der Waals surface area contributed by atoms with Gasteiger partial charge in [0.15, 0.2) is 0 Å². The van der Waals surface area contributed by atoms with E-state index >= 15 is 0 Å². The highest BCUT2D eigenvalue weighted by molar-refractivity contribution is 7.17. The average molecular weight is 249 g/mol. The van der Waals surface area contributed by atoms with Gasteiger partial charge in [-0.05, 0) is 19.1 Å². The Morgan fingerprint density at radius 3 is 2.76 bits per heavy atom. The van der Waals surface area contributed by atoms with Gasteiger partial charge in [0.25, 0.3) is 0 Å². The molecule has 88 valence electrons. The Morgan fingerprint density at radius 1 is 1.41 bits per heavy atom. The normalized spacial score (nSPS) is 10.2. The fourth-order valence-corrected chi connectivity index (χ4v) is 2.47. The van der Waals surface area contributed by atoms with Gasteiger partial charge in [0.1, 0.15) is 15.6 Å². The average Bonchev–Trinajstić information content (AvgIpc) is 2.71. The van der Waals surface area contributed by atoms with Crippen molar-refractivity contribution in [2.24, 2.45) is 0 Å². The summed E-state index contributed by atoms with van der Waals surface area (Å²) in [4.78, 5) is 16.2. The molecule has 2 aromatic rings. The molecule has 1 aromatic carbocycles. The zero-order chi connectivity index (χ0) is 12.4. The first-order valence-electron chi connectivity index (χ1n) is 4.97. The second-order valence-electron chi connectivity index (χ2n) is 3.44. The highest BCUT2D eigenvalue weighted by Crippen LogP contribution is 2.33. The zero-order valence-electron chi connectivity index (χ0n) is 9.43. The monoisotopic (exact) mass is 249 g/mol. The topological polar surface area (TPSA) is 59.4 Å². The summed E-state index contributed by atoms with van der Waals surface area (Å²) < 4.78 is 4.67. The Labute approximate surface area is 103 Å². The predicted molar refractivity (Wildman–Crippen MR) is 65.3 cm³/mol. The molecule has 1 aromatic heterocycles. The Morgan fingerprint density at radius 2 is 2.12 bits per heavy atom. The molecule has 4 nitrogen and oxygen atoms in total. The third kappa shape index (κ3) is 2.14. The lowest BCUT2D eigenvalue weighted by Gasteiger charge is -1.98. The molecular weight excluding hydrogens is 238 g/mol. The second-order valence-corrected chi connectivity index (χ2v) is 4.44. The van der Waals surface area contributed by atoms with Crippen LogP contribution in [-0.4, -0.2) is 23.2 Å². The van der Waals surface area contributed by atoms with Crippen molar-refractivity contribution in [3.63, 3.8) is 0 Å². The molecule has 0 aliphatic heterocycles. The third-order valence-corrected chi connectivity index (χ3v) is 3.47. The van der Waals surface area contributed by atoms with Crippen LogP contribution in [0.2, 0.25) is 0 Å². The first-order valence-corrected chi connectivity index (χ1v) is 5.79. The van der Waals surface area contributed by atoms with Crippen LogP contribution < -0.4 is 0 Å². The molecule has 0 spiro atoms. The van der Waals surface area contributed by atoms with Gasteiger partial charge in [-0.15, -0.1) is 11.3 Å². The molecule has 0 saturated heterocycles. The van der Waals surface area contributed by atoms with Crippen LogP contribution in [0.4, 0.5) is 0 Å². The van der Waals surface area contributed by atoms with Gasteiger partial charge >= 0.3 is 5.97 Å². The van der Waals surface area contributed by atoms with Crippen LogP contribution in [0.3, 0.4) is 0 Å². The largest absolute Gasteiger partial charge is 0.507 e. The number of hydrogen-bond donors (Lipinski definition) is 1. The van der Waals surface area contributed by atoms with Gasteiger partial charge in [0, 0.05) is 0 Å². The second kappa shape index (κ2) is 4.55. The lowest BCUT2D eigenvalue weighted by molar-refractivity contribution is 0.0605. The number of hydrogen-bond acceptors (Lipinski definition) is 5.